The summed E-state index contributed by atoms with van der Waals surface area (Å²) in [5.41, 5.74) is 0. The van der Waals surface area contributed by atoms with E-state index in [0.717, 1.165) is 11.8 Å². The van der Waals surface area contributed by atoms with Gasteiger partial charge in [0.15, 0.2) is 5.75 Å². The largest absolute Gasteiger partial charge is 0.479 e. The first-order valence-corrected chi connectivity index (χ1v) is 6.04. The molecule has 0 heterocycles. The molecule has 0 saturated heterocycles. The summed E-state index contributed by atoms with van der Waals surface area (Å²) in [4.78, 5) is 0. The van der Waals surface area contributed by atoms with Gasteiger partial charge in [0, 0.05) is 0 Å². The molecule has 1 aromatic rings. The van der Waals surface area contributed by atoms with Gasteiger partial charge in [0.2, 0.25) is 0 Å². The molecule has 7 heteroatoms. The molecule has 0 amide bonds. The lowest BCUT2D eigenvalue weighted by atomic mass is 10.3. The number of rotatable bonds is 3. The first-order chi connectivity index (χ1) is 7.07. The van der Waals surface area contributed by atoms with E-state index in [1.807, 2.05) is 5.40 Å². The van der Waals surface area contributed by atoms with E-state index in [-0.39, 0.29) is 31.8 Å². The van der Waals surface area contributed by atoms with Gasteiger partial charge in [0.25, 0.3) is 0 Å². The van der Waals surface area contributed by atoms with Gasteiger partial charge in [0.1, 0.15) is 16.4 Å². The van der Waals surface area contributed by atoms with Crippen LogP contribution in [-0.4, -0.2) is 5.94 Å². The van der Waals surface area contributed by atoms with Crippen molar-refractivity contribution in [2.45, 2.75) is 0 Å². The fourth-order valence-electron chi connectivity index (χ4n) is 0.797. The monoisotopic (exact) mass is 301 g/mol. The fraction of sp³-hybridized carbons (Fsp3) is 0.125. The molecule has 2 nitrogen and oxygen atoms in total. The molecular formula is C8H3Cl4NOS. The van der Waals surface area contributed by atoms with Crippen molar-refractivity contribution in [1.29, 1.82) is 5.26 Å². The molecule has 0 unspecified atom stereocenters. The van der Waals surface area contributed by atoms with E-state index < -0.39 is 0 Å². The molecule has 0 bridgehead atoms. The number of thiocyanates is 1. The quantitative estimate of drug-likeness (QED) is 0.263. The topological polar surface area (TPSA) is 33.0 Å². The number of nitrogens with zero attached hydrogens (tertiary/aromatic N) is 1. The van der Waals surface area contributed by atoms with E-state index in [0.29, 0.717) is 0 Å². The van der Waals surface area contributed by atoms with E-state index >= 15 is 0 Å². The second-order valence-corrected chi connectivity index (χ2v) is 4.57. The summed E-state index contributed by atoms with van der Waals surface area (Å²) in [6.45, 7) is 0. The molecule has 0 aliphatic heterocycles. The molecule has 0 N–H and O–H groups in total. The maximum Gasteiger partial charge on any atom is 0.159 e. The molecule has 0 fully saturated rings. The zero-order chi connectivity index (χ0) is 11.4. The highest BCUT2D eigenvalue weighted by Crippen LogP contribution is 2.42. The average molecular weight is 303 g/mol. The van der Waals surface area contributed by atoms with Gasteiger partial charge < -0.3 is 4.74 Å². The Morgan fingerprint density at radius 3 is 2.47 bits per heavy atom. The Kier molecular flexibility index (Phi) is 5.17. The molecule has 0 aliphatic carbocycles. The molecule has 0 spiro atoms. The van der Waals surface area contributed by atoms with E-state index in [1.165, 1.54) is 6.07 Å². The van der Waals surface area contributed by atoms with Gasteiger partial charge in [-0.1, -0.05) is 46.4 Å². The molecular weight excluding hydrogens is 300 g/mol. The summed E-state index contributed by atoms with van der Waals surface area (Å²) < 4.78 is 5.18. The van der Waals surface area contributed by atoms with Crippen LogP contribution in [0.2, 0.25) is 20.1 Å². The van der Waals surface area contributed by atoms with Crippen LogP contribution < -0.4 is 4.74 Å². The number of ether oxygens (including phenoxy) is 1. The molecule has 0 saturated carbocycles. The van der Waals surface area contributed by atoms with Crippen LogP contribution in [0.1, 0.15) is 0 Å². The van der Waals surface area contributed by atoms with Crippen LogP contribution in [0.3, 0.4) is 0 Å². The maximum absolute atomic E-state index is 8.30. The average Bonchev–Trinajstić information content (AvgIpc) is 2.20. The van der Waals surface area contributed by atoms with Crippen LogP contribution in [0.4, 0.5) is 0 Å². The Bertz CT molecular complexity index is 418. The molecule has 0 aliphatic rings. The van der Waals surface area contributed by atoms with E-state index in [1.54, 1.807) is 0 Å². The Labute approximate surface area is 111 Å². The lowest BCUT2D eigenvalue weighted by Gasteiger charge is -2.09. The van der Waals surface area contributed by atoms with Crippen molar-refractivity contribution in [2.75, 3.05) is 5.94 Å². The zero-order valence-electron chi connectivity index (χ0n) is 7.06. The first kappa shape index (κ1) is 13.1. The number of hydrogen-bond donors (Lipinski definition) is 0. The summed E-state index contributed by atoms with van der Waals surface area (Å²) in [5, 5.41) is 11.0. The summed E-state index contributed by atoms with van der Waals surface area (Å²) in [7, 11) is 0. The van der Waals surface area contributed by atoms with Crippen LogP contribution in [0.15, 0.2) is 6.07 Å². The smallest absolute Gasteiger partial charge is 0.159 e. The van der Waals surface area contributed by atoms with E-state index in [4.69, 9.17) is 56.4 Å². The van der Waals surface area contributed by atoms with Crippen LogP contribution in [0, 0.1) is 10.7 Å². The number of halogens is 4. The number of hydrogen-bond acceptors (Lipinski definition) is 3. The summed E-state index contributed by atoms with van der Waals surface area (Å²) in [6.07, 6.45) is 0. The Morgan fingerprint density at radius 1 is 1.20 bits per heavy atom. The third-order valence-corrected chi connectivity index (χ3v) is 3.29. The van der Waals surface area contributed by atoms with Gasteiger partial charge in [-0.15, -0.1) is 0 Å². The third kappa shape index (κ3) is 3.24. The van der Waals surface area contributed by atoms with Crippen molar-refractivity contribution < 1.29 is 4.74 Å². The van der Waals surface area contributed by atoms with Crippen LogP contribution in [-0.2, 0) is 0 Å². The van der Waals surface area contributed by atoms with Crippen molar-refractivity contribution in [3.05, 3.63) is 26.2 Å². The van der Waals surface area contributed by atoms with Crippen LogP contribution >= 0.6 is 58.2 Å². The molecule has 15 heavy (non-hydrogen) atoms. The van der Waals surface area contributed by atoms with Crippen molar-refractivity contribution in [3.63, 3.8) is 0 Å². The molecule has 0 radical (unpaired) electrons. The molecule has 80 valence electrons. The highest BCUT2D eigenvalue weighted by molar-refractivity contribution is 8.03. The van der Waals surface area contributed by atoms with Gasteiger partial charge in [-0.2, -0.15) is 5.26 Å². The SMILES string of the molecule is N#CSCOc1c(Cl)cc(Cl)c(Cl)c1Cl. The molecule has 1 aromatic carbocycles. The van der Waals surface area contributed by atoms with Crippen molar-refractivity contribution >= 4 is 58.2 Å². The van der Waals surface area contributed by atoms with Gasteiger partial charge in [-0.05, 0) is 17.8 Å². The highest BCUT2D eigenvalue weighted by atomic mass is 35.5. The highest BCUT2D eigenvalue weighted by Gasteiger charge is 2.14. The lowest BCUT2D eigenvalue weighted by molar-refractivity contribution is 0.394. The van der Waals surface area contributed by atoms with E-state index in [2.05, 4.69) is 0 Å². The standard InChI is InChI=1S/C8H3Cl4NOS/c9-4-1-5(10)8(7(12)6(4)11)14-3-15-2-13/h1H,3H2. The second kappa shape index (κ2) is 5.93. The summed E-state index contributed by atoms with van der Waals surface area (Å²) >= 11 is 24.2. The predicted octanol–water partition coefficient (Wildman–Crippen LogP) is 4.85. The minimum atomic E-state index is 0.119. The zero-order valence-corrected chi connectivity index (χ0v) is 10.9. The van der Waals surface area contributed by atoms with Crippen molar-refractivity contribution in [3.8, 4) is 11.2 Å². The molecule has 1 rings (SSSR count). The van der Waals surface area contributed by atoms with Crippen LogP contribution in [0.25, 0.3) is 0 Å². The second-order valence-electron chi connectivity index (χ2n) is 2.30. The van der Waals surface area contributed by atoms with Gasteiger partial charge >= 0.3 is 0 Å². The van der Waals surface area contributed by atoms with Gasteiger partial charge in [-0.3, -0.25) is 0 Å². The maximum atomic E-state index is 8.30. The minimum absolute atomic E-state index is 0.119. The van der Waals surface area contributed by atoms with Crippen LogP contribution in [0.5, 0.6) is 5.75 Å². The fourth-order valence-corrected chi connectivity index (χ4v) is 2.04. The first-order valence-electron chi connectivity index (χ1n) is 3.54. The lowest BCUT2D eigenvalue weighted by Crippen LogP contribution is -1.94. The summed E-state index contributed by atoms with van der Waals surface area (Å²) in [6, 6.07) is 1.43. The Balaban J connectivity index is 2.98. The van der Waals surface area contributed by atoms with Crippen molar-refractivity contribution in [2.24, 2.45) is 0 Å². The van der Waals surface area contributed by atoms with E-state index in [9.17, 15) is 0 Å². The Hall–Kier alpha value is 0.0200. The third-order valence-electron chi connectivity index (χ3n) is 1.40. The number of thioether (sulfide) groups is 1. The number of benzene rings is 1. The van der Waals surface area contributed by atoms with Gasteiger partial charge in [0.05, 0.1) is 15.1 Å². The normalized spacial score (nSPS) is 9.80. The van der Waals surface area contributed by atoms with Gasteiger partial charge in [-0.25, -0.2) is 0 Å². The molecule has 0 atom stereocenters. The Morgan fingerprint density at radius 2 is 1.87 bits per heavy atom. The summed E-state index contributed by atoms with van der Waals surface area (Å²) in [5.74, 6) is 0.351. The number of nitriles is 1. The molecule has 0 aromatic heterocycles. The minimum Gasteiger partial charge on any atom is -0.479 e. The van der Waals surface area contributed by atoms with Crippen molar-refractivity contribution in [1.82, 2.24) is 0 Å². The predicted molar refractivity (Wildman–Crippen MR) is 65.2 cm³/mol.